The first-order chi connectivity index (χ1) is 13.0. The van der Waals surface area contributed by atoms with Crippen LogP contribution in [0.4, 0.5) is 8.78 Å². The minimum atomic E-state index is -0.410. The van der Waals surface area contributed by atoms with Crippen LogP contribution < -0.4 is 9.47 Å². The molecule has 0 aliphatic rings. The summed E-state index contributed by atoms with van der Waals surface area (Å²) in [4.78, 5) is 0. The molecule has 0 bridgehead atoms. The number of aryl methyl sites for hydroxylation is 2. The Hall–Kier alpha value is -1.88. The number of unbranched alkanes of at least 4 members (excludes halogenated alkanes) is 3. The van der Waals surface area contributed by atoms with Gasteiger partial charge >= 0.3 is 0 Å². The summed E-state index contributed by atoms with van der Waals surface area (Å²) in [5.41, 5.74) is 1.46. The van der Waals surface area contributed by atoms with Crippen LogP contribution in [0.15, 0.2) is 12.1 Å². The summed E-state index contributed by atoms with van der Waals surface area (Å²) in [7, 11) is 0. The molecule has 3 rings (SSSR count). The molecule has 1 aromatic heterocycles. The molecule has 27 heavy (non-hydrogen) atoms. The first-order valence-electron chi connectivity index (χ1n) is 9.59. The van der Waals surface area contributed by atoms with E-state index in [1.165, 1.54) is 0 Å². The zero-order valence-corrected chi connectivity index (χ0v) is 17.2. The van der Waals surface area contributed by atoms with Crippen molar-refractivity contribution in [2.45, 2.75) is 53.4 Å². The molecule has 0 atom stereocenters. The van der Waals surface area contributed by atoms with E-state index in [0.717, 1.165) is 58.9 Å². The maximum absolute atomic E-state index is 15.2. The van der Waals surface area contributed by atoms with Crippen molar-refractivity contribution in [1.29, 1.82) is 0 Å². The van der Waals surface area contributed by atoms with Gasteiger partial charge in [-0.1, -0.05) is 26.2 Å². The predicted molar refractivity (Wildman–Crippen MR) is 110 cm³/mol. The fourth-order valence-electron chi connectivity index (χ4n) is 3.39. The van der Waals surface area contributed by atoms with Gasteiger partial charge in [-0.15, -0.1) is 11.3 Å². The molecule has 0 spiro atoms. The van der Waals surface area contributed by atoms with Crippen molar-refractivity contribution < 1.29 is 18.3 Å². The van der Waals surface area contributed by atoms with Crippen LogP contribution in [0.5, 0.6) is 11.5 Å². The number of rotatable bonds is 8. The number of ether oxygens (including phenoxy) is 2. The molecule has 146 valence electrons. The number of hydrogen-bond acceptors (Lipinski definition) is 3. The molecule has 2 nitrogen and oxygen atoms in total. The van der Waals surface area contributed by atoms with Gasteiger partial charge in [0.1, 0.15) is 0 Å². The monoisotopic (exact) mass is 392 g/mol. The maximum Gasteiger partial charge on any atom is 0.183 e. The van der Waals surface area contributed by atoms with Gasteiger partial charge in [-0.25, -0.2) is 8.78 Å². The Morgan fingerprint density at radius 1 is 0.815 bits per heavy atom. The van der Waals surface area contributed by atoms with E-state index < -0.39 is 11.6 Å². The first kappa shape index (κ1) is 19.9. The summed E-state index contributed by atoms with van der Waals surface area (Å²) in [6.45, 7) is 8.51. The van der Waals surface area contributed by atoms with Crippen molar-refractivity contribution in [3.05, 3.63) is 34.9 Å². The fourth-order valence-corrected chi connectivity index (χ4v) is 4.51. The molecular weight excluding hydrogens is 366 g/mol. The van der Waals surface area contributed by atoms with E-state index in [9.17, 15) is 4.39 Å². The Labute approximate surface area is 163 Å². The Morgan fingerprint density at radius 3 is 1.89 bits per heavy atom. The summed E-state index contributed by atoms with van der Waals surface area (Å²) in [6.07, 6.45) is 4.28. The SMILES string of the molecule is CCCCCCOc1c(C)cc2c(sc3c(F)c(OCC)c(C)cc32)c1F. The van der Waals surface area contributed by atoms with E-state index in [-0.39, 0.29) is 11.5 Å². The van der Waals surface area contributed by atoms with Crippen molar-refractivity contribution in [2.24, 2.45) is 0 Å². The summed E-state index contributed by atoms with van der Waals surface area (Å²) in [5, 5.41) is 1.46. The zero-order valence-electron chi connectivity index (χ0n) is 16.4. The van der Waals surface area contributed by atoms with Crippen LogP contribution in [0.25, 0.3) is 20.2 Å². The number of halogens is 2. The maximum atomic E-state index is 15.2. The normalized spacial score (nSPS) is 11.5. The van der Waals surface area contributed by atoms with Crippen LogP contribution in [0.1, 0.15) is 50.7 Å². The molecule has 0 aliphatic carbocycles. The van der Waals surface area contributed by atoms with E-state index in [4.69, 9.17) is 9.47 Å². The second-order valence-electron chi connectivity index (χ2n) is 6.87. The van der Waals surface area contributed by atoms with E-state index in [1.54, 1.807) is 0 Å². The topological polar surface area (TPSA) is 18.5 Å². The minimum absolute atomic E-state index is 0.251. The van der Waals surface area contributed by atoms with Crippen LogP contribution >= 0.6 is 11.3 Å². The van der Waals surface area contributed by atoms with Gasteiger partial charge in [0.15, 0.2) is 23.1 Å². The Kier molecular flexibility index (Phi) is 6.20. The highest BCUT2D eigenvalue weighted by molar-refractivity contribution is 7.26. The first-order valence-corrected chi connectivity index (χ1v) is 10.4. The van der Waals surface area contributed by atoms with Gasteiger partial charge in [0.05, 0.1) is 22.6 Å². The van der Waals surface area contributed by atoms with Crippen LogP contribution in [-0.4, -0.2) is 13.2 Å². The van der Waals surface area contributed by atoms with Crippen LogP contribution in [0, 0.1) is 25.5 Å². The van der Waals surface area contributed by atoms with E-state index >= 15 is 4.39 Å². The number of hydrogen-bond donors (Lipinski definition) is 0. The quantitative estimate of drug-likeness (QED) is 0.374. The van der Waals surface area contributed by atoms with Gasteiger partial charge in [0.25, 0.3) is 0 Å². The molecule has 0 fully saturated rings. The molecule has 0 saturated heterocycles. The molecule has 0 radical (unpaired) electrons. The van der Waals surface area contributed by atoms with Gasteiger partial charge in [-0.2, -0.15) is 0 Å². The van der Waals surface area contributed by atoms with Crippen LogP contribution in [0.3, 0.4) is 0 Å². The number of benzene rings is 2. The molecule has 0 unspecified atom stereocenters. The van der Waals surface area contributed by atoms with Crippen LogP contribution in [0.2, 0.25) is 0 Å². The van der Waals surface area contributed by atoms with Gasteiger partial charge in [0.2, 0.25) is 0 Å². The standard InChI is InChI=1S/C22H26F2O2S/c1-5-7-8-9-10-26-20-14(4)12-16-15-11-13(3)19(25-6-2)17(23)21(15)27-22(16)18(20)24/h11-12H,5-10H2,1-4H3. The smallest absolute Gasteiger partial charge is 0.183 e. The Morgan fingerprint density at radius 2 is 1.37 bits per heavy atom. The van der Waals surface area contributed by atoms with E-state index in [0.29, 0.717) is 22.6 Å². The molecule has 0 saturated carbocycles. The highest BCUT2D eigenvalue weighted by Gasteiger charge is 2.21. The van der Waals surface area contributed by atoms with Gasteiger partial charge in [-0.3, -0.25) is 0 Å². The molecule has 2 aromatic carbocycles. The molecule has 0 aliphatic heterocycles. The van der Waals surface area contributed by atoms with E-state index in [2.05, 4.69) is 6.92 Å². The second-order valence-corrected chi connectivity index (χ2v) is 7.89. The Balaban J connectivity index is 2.05. The van der Waals surface area contributed by atoms with Crippen LogP contribution in [-0.2, 0) is 0 Å². The van der Waals surface area contributed by atoms with Gasteiger partial charge in [-0.05, 0) is 50.5 Å². The minimum Gasteiger partial charge on any atom is -0.490 e. The number of fused-ring (bicyclic) bond motifs is 3. The molecular formula is C22H26F2O2S. The third-order valence-corrected chi connectivity index (χ3v) is 5.96. The van der Waals surface area contributed by atoms with Gasteiger partial charge < -0.3 is 9.47 Å². The average Bonchev–Trinajstić information content (AvgIpc) is 2.99. The average molecular weight is 393 g/mol. The fraction of sp³-hybridized carbons (Fsp3) is 0.455. The summed E-state index contributed by atoms with van der Waals surface area (Å²) in [5.74, 6) is -0.266. The third kappa shape index (κ3) is 3.75. The van der Waals surface area contributed by atoms with Crippen molar-refractivity contribution in [3.63, 3.8) is 0 Å². The van der Waals surface area contributed by atoms with Gasteiger partial charge in [0, 0.05) is 10.8 Å². The highest BCUT2D eigenvalue weighted by Crippen LogP contribution is 2.44. The lowest BCUT2D eigenvalue weighted by molar-refractivity contribution is 0.290. The number of thiophene rings is 1. The predicted octanol–water partition coefficient (Wildman–Crippen LogP) is 7.31. The summed E-state index contributed by atoms with van der Waals surface area (Å²) in [6, 6.07) is 3.78. The molecule has 3 aromatic rings. The summed E-state index contributed by atoms with van der Waals surface area (Å²) >= 11 is 1.12. The van der Waals surface area contributed by atoms with Crippen molar-refractivity contribution in [2.75, 3.05) is 13.2 Å². The lowest BCUT2D eigenvalue weighted by Crippen LogP contribution is -2.01. The lowest BCUT2D eigenvalue weighted by atomic mass is 10.1. The second kappa shape index (κ2) is 8.42. The summed E-state index contributed by atoms with van der Waals surface area (Å²) < 4.78 is 42.2. The van der Waals surface area contributed by atoms with Crippen molar-refractivity contribution in [1.82, 2.24) is 0 Å². The van der Waals surface area contributed by atoms with E-state index in [1.807, 2.05) is 32.9 Å². The third-order valence-electron chi connectivity index (χ3n) is 4.75. The lowest BCUT2D eigenvalue weighted by Gasteiger charge is -2.11. The van der Waals surface area contributed by atoms with Crippen molar-refractivity contribution >= 4 is 31.5 Å². The largest absolute Gasteiger partial charge is 0.490 e. The highest BCUT2D eigenvalue weighted by atomic mass is 32.1. The molecule has 1 heterocycles. The Bertz CT molecular complexity index is 962. The van der Waals surface area contributed by atoms with Crippen molar-refractivity contribution in [3.8, 4) is 11.5 Å². The molecule has 0 N–H and O–H groups in total. The molecule has 5 heteroatoms. The zero-order chi connectivity index (χ0) is 19.6. The molecule has 0 amide bonds.